The lowest BCUT2D eigenvalue weighted by atomic mass is 10.2. The van der Waals surface area contributed by atoms with Crippen molar-refractivity contribution in [3.8, 4) is 0 Å². The van der Waals surface area contributed by atoms with Crippen molar-refractivity contribution < 1.29 is 14.0 Å². The molecule has 0 aliphatic carbocycles. The van der Waals surface area contributed by atoms with Gasteiger partial charge in [-0.2, -0.15) is 0 Å². The van der Waals surface area contributed by atoms with E-state index >= 15 is 0 Å². The first-order chi connectivity index (χ1) is 10.8. The van der Waals surface area contributed by atoms with Crippen LogP contribution in [-0.4, -0.2) is 38.1 Å². The molecule has 1 amide bonds. The second-order valence-electron chi connectivity index (χ2n) is 8.41. The highest BCUT2D eigenvalue weighted by Crippen LogP contribution is 2.36. The molecule has 0 unspecified atom stereocenters. The molecule has 0 fully saturated rings. The summed E-state index contributed by atoms with van der Waals surface area (Å²) in [6, 6.07) is 0. The highest BCUT2D eigenvalue weighted by atomic mass is 32.1. The Morgan fingerprint density at radius 2 is 1.88 bits per heavy atom. The van der Waals surface area contributed by atoms with Crippen LogP contribution >= 0.6 is 11.3 Å². The highest BCUT2D eigenvalue weighted by molar-refractivity contribution is 7.13. The van der Waals surface area contributed by atoms with Gasteiger partial charge in [0.25, 0.3) is 0 Å². The molecule has 1 aromatic rings. The minimum Gasteiger partial charge on any atom is -0.443 e. The summed E-state index contributed by atoms with van der Waals surface area (Å²) in [6.07, 6.45) is 2.10. The van der Waals surface area contributed by atoms with Crippen LogP contribution in [-0.2, 0) is 9.16 Å². The van der Waals surface area contributed by atoms with Crippen LogP contribution in [0.15, 0.2) is 11.6 Å². The molecule has 7 heteroatoms. The van der Waals surface area contributed by atoms with E-state index in [9.17, 15) is 4.79 Å². The van der Waals surface area contributed by atoms with Gasteiger partial charge < -0.3 is 9.16 Å². The molecule has 0 spiro atoms. The Balaban J connectivity index is 2.63. The Kier molecular flexibility index (Phi) is 7.01. The van der Waals surface area contributed by atoms with Gasteiger partial charge in [0.2, 0.25) is 0 Å². The molecule has 0 saturated carbocycles. The van der Waals surface area contributed by atoms with Crippen molar-refractivity contribution in [1.82, 2.24) is 4.98 Å². The summed E-state index contributed by atoms with van der Waals surface area (Å²) in [5, 5.41) is 2.71. The molecule has 0 atom stereocenters. The molecule has 0 saturated heterocycles. The van der Waals surface area contributed by atoms with Crippen molar-refractivity contribution in [1.29, 1.82) is 0 Å². The minimum atomic E-state index is -1.76. The number of nitrogens with zero attached hydrogens (tertiary/aromatic N) is 2. The molecule has 1 aromatic heterocycles. The van der Waals surface area contributed by atoms with E-state index in [-0.39, 0.29) is 11.1 Å². The van der Waals surface area contributed by atoms with Crippen LogP contribution in [0, 0.1) is 0 Å². The zero-order valence-electron chi connectivity index (χ0n) is 16.3. The lowest BCUT2D eigenvalue weighted by molar-refractivity contribution is 0.0578. The second-order valence-corrected chi connectivity index (χ2v) is 14.1. The standard InChI is InChI=1S/C17H32N2O3SSi/c1-16(2,3)22-15(20)19(14-18-10-13-23-14)11-9-12-21-24(7,8)17(4,5)6/h10,13H,9,11-12H2,1-8H3. The van der Waals surface area contributed by atoms with Crippen molar-refractivity contribution in [3.05, 3.63) is 11.6 Å². The molecule has 0 N–H and O–H groups in total. The zero-order valence-corrected chi connectivity index (χ0v) is 18.1. The summed E-state index contributed by atoms with van der Waals surface area (Å²) in [4.78, 5) is 18.3. The topological polar surface area (TPSA) is 51.7 Å². The van der Waals surface area contributed by atoms with E-state index in [1.54, 1.807) is 11.1 Å². The maximum Gasteiger partial charge on any atom is 0.416 e. The third kappa shape index (κ3) is 6.53. The summed E-state index contributed by atoms with van der Waals surface area (Å²) < 4.78 is 11.7. The number of thiazole rings is 1. The van der Waals surface area contributed by atoms with E-state index in [1.165, 1.54) is 11.3 Å². The van der Waals surface area contributed by atoms with Crippen LogP contribution < -0.4 is 4.90 Å². The van der Waals surface area contributed by atoms with Crippen LogP contribution in [0.1, 0.15) is 48.0 Å². The van der Waals surface area contributed by atoms with Gasteiger partial charge in [-0.15, -0.1) is 11.3 Å². The Hall–Kier alpha value is -0.923. The monoisotopic (exact) mass is 372 g/mol. The van der Waals surface area contributed by atoms with Gasteiger partial charge in [0.05, 0.1) is 0 Å². The molecule has 0 aromatic carbocycles. The third-order valence-corrected chi connectivity index (χ3v) is 9.39. The number of rotatable bonds is 6. The normalized spacial score (nSPS) is 13.0. The maximum absolute atomic E-state index is 12.4. The second kappa shape index (κ2) is 7.97. The third-order valence-electron chi connectivity index (χ3n) is 4.06. The first-order valence-electron chi connectivity index (χ1n) is 8.37. The molecule has 138 valence electrons. The van der Waals surface area contributed by atoms with Crippen molar-refractivity contribution in [2.45, 2.75) is 71.7 Å². The van der Waals surface area contributed by atoms with Crippen LogP contribution in [0.3, 0.4) is 0 Å². The van der Waals surface area contributed by atoms with E-state index in [0.29, 0.717) is 18.3 Å². The lowest BCUT2D eigenvalue weighted by Gasteiger charge is -2.36. The number of hydrogen-bond donors (Lipinski definition) is 0. The molecule has 0 bridgehead atoms. The van der Waals surface area contributed by atoms with Gasteiger partial charge in [-0.3, -0.25) is 4.90 Å². The Labute approximate surface area is 151 Å². The first-order valence-corrected chi connectivity index (χ1v) is 12.2. The van der Waals surface area contributed by atoms with Crippen molar-refractivity contribution >= 4 is 30.9 Å². The zero-order chi connectivity index (χ0) is 18.6. The van der Waals surface area contributed by atoms with E-state index < -0.39 is 13.9 Å². The molecule has 5 nitrogen and oxygen atoms in total. The molecule has 0 aliphatic rings. The van der Waals surface area contributed by atoms with E-state index in [4.69, 9.17) is 9.16 Å². The van der Waals surface area contributed by atoms with E-state index in [1.807, 2.05) is 26.2 Å². The summed E-state index contributed by atoms with van der Waals surface area (Å²) in [6.45, 7) is 17.9. The average Bonchev–Trinajstić information content (AvgIpc) is 2.88. The smallest absolute Gasteiger partial charge is 0.416 e. The molecule has 0 aliphatic heterocycles. The van der Waals surface area contributed by atoms with Gasteiger partial charge in [0.1, 0.15) is 5.60 Å². The first kappa shape index (κ1) is 21.1. The van der Waals surface area contributed by atoms with Gasteiger partial charge in [0, 0.05) is 24.7 Å². The fourth-order valence-electron chi connectivity index (χ4n) is 1.70. The number of amides is 1. The average molecular weight is 373 g/mol. The summed E-state index contributed by atoms with van der Waals surface area (Å²) >= 11 is 1.44. The van der Waals surface area contributed by atoms with E-state index in [2.05, 4.69) is 38.8 Å². The predicted octanol–water partition coefficient (Wildman–Crippen LogP) is 5.30. The number of aromatic nitrogens is 1. The molecular formula is C17H32N2O3SSi. The summed E-state index contributed by atoms with van der Waals surface area (Å²) in [5.41, 5.74) is -0.524. The molecule has 0 radical (unpaired) electrons. The molecular weight excluding hydrogens is 340 g/mol. The summed E-state index contributed by atoms with van der Waals surface area (Å²) in [7, 11) is -1.76. The Bertz CT molecular complexity index is 519. The largest absolute Gasteiger partial charge is 0.443 e. The SMILES string of the molecule is CC(C)(C)OC(=O)N(CCCO[Si](C)(C)C(C)(C)C)c1nccs1. The van der Waals surface area contributed by atoms with Gasteiger partial charge in [-0.25, -0.2) is 9.78 Å². The predicted molar refractivity (Wildman–Crippen MR) is 103 cm³/mol. The lowest BCUT2D eigenvalue weighted by Crippen LogP contribution is -2.42. The van der Waals surface area contributed by atoms with Crippen molar-refractivity contribution in [2.75, 3.05) is 18.1 Å². The molecule has 1 heterocycles. The van der Waals surface area contributed by atoms with E-state index in [0.717, 1.165) is 6.42 Å². The Morgan fingerprint density at radius 3 is 2.33 bits per heavy atom. The molecule has 1 rings (SSSR count). The quantitative estimate of drug-likeness (QED) is 0.502. The van der Waals surface area contributed by atoms with Crippen LogP contribution in [0.5, 0.6) is 0 Å². The number of carbonyl (C=O) groups excluding carboxylic acids is 1. The Morgan fingerprint density at radius 1 is 1.25 bits per heavy atom. The number of hydrogen-bond acceptors (Lipinski definition) is 5. The highest BCUT2D eigenvalue weighted by Gasteiger charge is 2.37. The van der Waals surface area contributed by atoms with Crippen molar-refractivity contribution in [3.63, 3.8) is 0 Å². The number of anilines is 1. The number of carbonyl (C=O) groups is 1. The van der Waals surface area contributed by atoms with Gasteiger partial charge in [0.15, 0.2) is 13.4 Å². The van der Waals surface area contributed by atoms with Crippen LogP contribution in [0.2, 0.25) is 18.1 Å². The fraction of sp³-hybridized carbons (Fsp3) is 0.765. The fourth-order valence-corrected chi connectivity index (χ4v) is 3.44. The van der Waals surface area contributed by atoms with Gasteiger partial charge in [-0.1, -0.05) is 20.8 Å². The minimum absolute atomic E-state index is 0.188. The summed E-state index contributed by atoms with van der Waals surface area (Å²) in [5.74, 6) is 0. The van der Waals surface area contributed by atoms with Crippen molar-refractivity contribution in [2.24, 2.45) is 0 Å². The number of ether oxygens (including phenoxy) is 1. The molecule has 24 heavy (non-hydrogen) atoms. The van der Waals surface area contributed by atoms with Gasteiger partial charge in [-0.05, 0) is 45.3 Å². The van der Waals surface area contributed by atoms with Gasteiger partial charge >= 0.3 is 6.09 Å². The van der Waals surface area contributed by atoms with Crippen LogP contribution in [0.4, 0.5) is 9.93 Å². The maximum atomic E-state index is 12.4. The van der Waals surface area contributed by atoms with Crippen LogP contribution in [0.25, 0.3) is 0 Å².